The molecule has 8 aliphatic rings. The zero-order valence-electron chi connectivity index (χ0n) is 20.2. The van der Waals surface area contributed by atoms with Gasteiger partial charge in [0.25, 0.3) is 0 Å². The topological polar surface area (TPSA) is 86.7 Å². The molecule has 2 fully saturated rings. The van der Waals surface area contributed by atoms with Crippen LogP contribution in [0.1, 0.15) is 77.0 Å². The minimum atomic E-state index is -0.327. The van der Waals surface area contributed by atoms with E-state index in [2.05, 4.69) is 0 Å². The third-order valence-corrected chi connectivity index (χ3v) is 10.4. The highest BCUT2D eigenvalue weighted by Gasteiger charge is 2.49. The Morgan fingerprint density at radius 2 is 0.528 bits per heavy atom. The van der Waals surface area contributed by atoms with E-state index >= 15 is 0 Å². The van der Waals surface area contributed by atoms with Gasteiger partial charge in [-0.3, -0.25) is 19.2 Å². The molecule has 8 rings (SSSR count). The van der Waals surface area contributed by atoms with Crippen LogP contribution in [0.2, 0.25) is 0 Å². The van der Waals surface area contributed by atoms with E-state index in [0.717, 1.165) is 51.4 Å². The fourth-order valence-corrected chi connectivity index (χ4v) is 8.42. The molecule has 0 aromatic carbocycles. The lowest BCUT2D eigenvalue weighted by atomic mass is 9.64. The maximum Gasteiger partial charge on any atom is 0.317 e. The van der Waals surface area contributed by atoms with E-state index in [1.807, 2.05) is 0 Å². The summed E-state index contributed by atoms with van der Waals surface area (Å²) in [5.74, 6) is -2.39. The number of hydrogen-bond donors (Lipinski definition) is 0. The van der Waals surface area contributed by atoms with Gasteiger partial charge in [0.2, 0.25) is 0 Å². The van der Waals surface area contributed by atoms with Gasteiger partial charge in [-0.2, -0.15) is 0 Å². The Labute approximate surface area is 209 Å². The van der Waals surface area contributed by atoms with Crippen molar-refractivity contribution in [3.63, 3.8) is 0 Å². The molecule has 0 saturated carbocycles. The lowest BCUT2D eigenvalue weighted by Gasteiger charge is -2.39. The monoisotopic (exact) mass is 484 g/mol. The smallest absolute Gasteiger partial charge is 0.317 e. The minimum Gasteiger partial charge on any atom is -0.393 e. The van der Waals surface area contributed by atoms with E-state index in [4.69, 9.17) is 9.47 Å². The Balaban J connectivity index is 0.988. The predicted octanol–water partition coefficient (Wildman–Crippen LogP) is 4.86. The molecule has 0 aromatic rings. The molecule has 6 nitrogen and oxygen atoms in total. The first-order valence-corrected chi connectivity index (χ1v) is 13.4. The standard InChI is InChI=1S/C30H28O6/c31-27-23-9-19-5-15-1-13-2-17-7-21-11-25-26(30(34)36-29(25)33)12-22(21)8-18(17)4-14(13)3-16(15)6-20(19)10-24(23)28(32)35-27/h23-26H,1-12H2/t23-,24+,25-,26+. The summed E-state index contributed by atoms with van der Waals surface area (Å²) in [6.45, 7) is 0. The molecule has 4 atom stereocenters. The fraction of sp³-hybridized carbons (Fsp3) is 0.533. The van der Waals surface area contributed by atoms with Crippen molar-refractivity contribution < 1.29 is 28.7 Å². The molecule has 2 aliphatic heterocycles. The van der Waals surface area contributed by atoms with Crippen LogP contribution in [0, 0.1) is 23.7 Å². The van der Waals surface area contributed by atoms with Crippen LogP contribution >= 0.6 is 0 Å². The first-order chi connectivity index (χ1) is 17.4. The average molecular weight is 485 g/mol. The Morgan fingerprint density at radius 3 is 0.750 bits per heavy atom. The van der Waals surface area contributed by atoms with Crippen molar-refractivity contribution in [2.75, 3.05) is 0 Å². The van der Waals surface area contributed by atoms with Crippen LogP contribution in [0.3, 0.4) is 0 Å². The van der Waals surface area contributed by atoms with Gasteiger partial charge in [-0.05, 0) is 77.0 Å². The number of rotatable bonds is 0. The summed E-state index contributed by atoms with van der Waals surface area (Å²) >= 11 is 0. The molecule has 0 N–H and O–H groups in total. The summed E-state index contributed by atoms with van der Waals surface area (Å²) in [5.41, 5.74) is 14.8. The number of carbonyl (C=O) groups is 4. The fourth-order valence-electron chi connectivity index (χ4n) is 8.42. The maximum atomic E-state index is 12.2. The van der Waals surface area contributed by atoms with E-state index in [-0.39, 0.29) is 47.5 Å². The van der Waals surface area contributed by atoms with Crippen LogP contribution in [0.5, 0.6) is 0 Å². The summed E-state index contributed by atoms with van der Waals surface area (Å²) in [5, 5.41) is 0. The second kappa shape index (κ2) is 7.27. The number of ether oxygens (including phenoxy) is 2. The lowest BCUT2D eigenvalue weighted by molar-refractivity contribution is -0.155. The van der Waals surface area contributed by atoms with Gasteiger partial charge in [-0.15, -0.1) is 0 Å². The zero-order valence-corrected chi connectivity index (χ0v) is 20.2. The van der Waals surface area contributed by atoms with Crippen molar-refractivity contribution in [2.45, 2.75) is 77.0 Å². The summed E-state index contributed by atoms with van der Waals surface area (Å²) in [7, 11) is 0. The van der Waals surface area contributed by atoms with E-state index in [1.165, 1.54) is 44.6 Å². The van der Waals surface area contributed by atoms with Gasteiger partial charge in [0.1, 0.15) is 0 Å². The number of carbonyl (C=O) groups excluding carboxylic acids is 4. The van der Waals surface area contributed by atoms with Crippen LogP contribution in [-0.2, 0) is 28.7 Å². The van der Waals surface area contributed by atoms with Gasteiger partial charge in [0.05, 0.1) is 23.7 Å². The van der Waals surface area contributed by atoms with Gasteiger partial charge >= 0.3 is 23.9 Å². The van der Waals surface area contributed by atoms with Gasteiger partial charge in [-0.25, -0.2) is 0 Å². The number of hydrogen-bond acceptors (Lipinski definition) is 6. The predicted molar refractivity (Wildman–Crippen MR) is 127 cm³/mol. The van der Waals surface area contributed by atoms with Crippen molar-refractivity contribution in [1.29, 1.82) is 0 Å². The van der Waals surface area contributed by atoms with E-state index < -0.39 is 0 Å². The first kappa shape index (κ1) is 21.1. The zero-order chi connectivity index (χ0) is 24.3. The van der Waals surface area contributed by atoms with E-state index in [0.29, 0.717) is 25.7 Å². The third kappa shape index (κ3) is 2.96. The quantitative estimate of drug-likeness (QED) is 0.277. The maximum absolute atomic E-state index is 12.2. The molecule has 6 heteroatoms. The van der Waals surface area contributed by atoms with Gasteiger partial charge in [-0.1, -0.05) is 55.7 Å². The van der Waals surface area contributed by atoms with Crippen molar-refractivity contribution in [1.82, 2.24) is 0 Å². The Hall–Kier alpha value is -3.02. The summed E-state index contributed by atoms with van der Waals surface area (Å²) < 4.78 is 9.92. The third-order valence-electron chi connectivity index (χ3n) is 10.4. The molecule has 6 aliphatic carbocycles. The molecule has 0 spiro atoms. The Morgan fingerprint density at radius 1 is 0.333 bits per heavy atom. The Bertz CT molecular complexity index is 1180. The van der Waals surface area contributed by atoms with Crippen LogP contribution < -0.4 is 0 Å². The second-order valence-electron chi connectivity index (χ2n) is 12.2. The van der Waals surface area contributed by atoms with Crippen molar-refractivity contribution >= 4 is 23.9 Å². The highest BCUT2D eigenvalue weighted by molar-refractivity contribution is 5.97. The number of fused-ring (bicyclic) bond motifs is 2. The average Bonchev–Trinajstić information content (AvgIpc) is 3.29. The van der Waals surface area contributed by atoms with Crippen molar-refractivity contribution in [3.05, 3.63) is 55.7 Å². The van der Waals surface area contributed by atoms with Crippen LogP contribution in [0.15, 0.2) is 55.7 Å². The largest absolute Gasteiger partial charge is 0.393 e. The normalized spacial score (nSPS) is 35.1. The SMILES string of the molecule is O=C1OC(=O)[C@@H]2CC3=C(CC4=C(CC5=C(C4)CC4=C(C5)CC5=C(C4)C[C@@H]4C(=O)OC(=O)[C@@H]4C5)C3)C[C@H]12. The minimum absolute atomic E-state index is 0.272. The molecule has 0 radical (unpaired) electrons. The van der Waals surface area contributed by atoms with Gasteiger partial charge < -0.3 is 9.47 Å². The van der Waals surface area contributed by atoms with E-state index in [9.17, 15) is 19.2 Å². The van der Waals surface area contributed by atoms with Crippen molar-refractivity contribution in [3.8, 4) is 0 Å². The number of allylic oxidation sites excluding steroid dienone is 10. The summed E-state index contributed by atoms with van der Waals surface area (Å²) in [4.78, 5) is 48.6. The van der Waals surface area contributed by atoms with Crippen LogP contribution in [0.25, 0.3) is 0 Å². The molecule has 0 amide bonds. The molecular formula is C30H28O6. The second-order valence-corrected chi connectivity index (χ2v) is 12.2. The van der Waals surface area contributed by atoms with Gasteiger partial charge in [0.15, 0.2) is 0 Å². The van der Waals surface area contributed by atoms with Gasteiger partial charge in [0, 0.05) is 0 Å². The first-order valence-electron chi connectivity index (χ1n) is 13.4. The number of esters is 4. The molecule has 0 unspecified atom stereocenters. The Kier molecular flexibility index (Phi) is 4.26. The lowest BCUT2D eigenvalue weighted by Crippen LogP contribution is -2.28. The highest BCUT2D eigenvalue weighted by atomic mass is 16.6. The summed E-state index contributed by atoms with van der Waals surface area (Å²) in [6.07, 6.45) is 10.7. The highest BCUT2D eigenvalue weighted by Crippen LogP contribution is 2.54. The van der Waals surface area contributed by atoms with Crippen LogP contribution in [-0.4, -0.2) is 23.9 Å². The molecule has 2 saturated heterocycles. The molecule has 0 aromatic heterocycles. The molecule has 36 heavy (non-hydrogen) atoms. The van der Waals surface area contributed by atoms with Crippen LogP contribution in [0.4, 0.5) is 0 Å². The molecule has 0 bridgehead atoms. The number of cyclic esters (lactones) is 4. The van der Waals surface area contributed by atoms with E-state index in [1.54, 1.807) is 11.1 Å². The molecule has 2 heterocycles. The van der Waals surface area contributed by atoms with Crippen molar-refractivity contribution in [2.24, 2.45) is 23.7 Å². The molecule has 184 valence electrons. The molecular weight excluding hydrogens is 456 g/mol. The summed E-state index contributed by atoms with van der Waals surface area (Å²) in [6, 6.07) is 0.